The zero-order valence-corrected chi connectivity index (χ0v) is 30.7. The first-order valence-corrected chi connectivity index (χ1v) is 18.8. The number of aliphatic hydroxyl groups excluding tert-OH is 1. The van der Waals surface area contributed by atoms with Crippen LogP contribution in [0.5, 0.6) is 0 Å². The Kier molecular flexibility index (Phi) is 12.7. The number of nitrogens with zero attached hydrogens (tertiary/aromatic N) is 5. The summed E-state index contributed by atoms with van der Waals surface area (Å²) in [4.78, 5) is 46.1. The van der Waals surface area contributed by atoms with Crippen LogP contribution in [-0.2, 0) is 34.3 Å². The van der Waals surface area contributed by atoms with Gasteiger partial charge in [0.25, 0.3) is 0 Å². The van der Waals surface area contributed by atoms with Gasteiger partial charge in [-0.05, 0) is 47.9 Å². The van der Waals surface area contributed by atoms with Crippen LogP contribution >= 0.6 is 11.3 Å². The standard InChI is InChI=1S/C35H48N6O6S2/c1-24(2)32(41-17-16-39(34(41)44)20-28-22-48-25(3)37-28)33(43)38-30(18-26-10-8-7-9-11-26)31(42)21-40(23-35(4,5)6)49(46,47)29-14-12-27(13-15-29)19-36-45/h7-15,22,24,30-32,42H,16-21,23H2,1-6H3,(H,38,43)/t30-,31-,32-/m0/s1. The van der Waals surface area contributed by atoms with Crippen LogP contribution in [-0.4, -0.2) is 88.9 Å². The normalized spacial score (nSPS) is 15.9. The van der Waals surface area contributed by atoms with Gasteiger partial charge in [0.2, 0.25) is 15.9 Å². The molecule has 0 radical (unpaired) electrons. The Balaban J connectivity index is 1.59. The number of carbonyl (C=O) groups is 2. The maximum absolute atomic E-state index is 14.1. The van der Waals surface area contributed by atoms with Crippen LogP contribution in [0.4, 0.5) is 4.79 Å². The molecule has 0 aliphatic carbocycles. The van der Waals surface area contributed by atoms with Crippen molar-refractivity contribution in [3.05, 3.63) is 86.7 Å². The lowest BCUT2D eigenvalue weighted by molar-refractivity contribution is -0.128. The molecule has 1 aromatic heterocycles. The number of benzene rings is 2. The van der Waals surface area contributed by atoms with Crippen LogP contribution in [0.3, 0.4) is 0 Å². The fraction of sp³-hybridized carbons (Fsp3) is 0.514. The van der Waals surface area contributed by atoms with Crippen LogP contribution in [0.25, 0.3) is 0 Å². The van der Waals surface area contributed by atoms with Gasteiger partial charge < -0.3 is 20.2 Å². The summed E-state index contributed by atoms with van der Waals surface area (Å²) in [6, 6.07) is 13.4. The first-order valence-electron chi connectivity index (χ1n) is 16.5. The van der Waals surface area contributed by atoms with E-state index in [9.17, 15) is 28.0 Å². The second-order valence-electron chi connectivity index (χ2n) is 14.1. The highest BCUT2D eigenvalue weighted by molar-refractivity contribution is 7.89. The molecule has 0 unspecified atom stereocenters. The van der Waals surface area contributed by atoms with Gasteiger partial charge in [0.1, 0.15) is 12.6 Å². The Morgan fingerprint density at radius 1 is 1.08 bits per heavy atom. The largest absolute Gasteiger partial charge is 0.390 e. The molecule has 1 saturated heterocycles. The molecule has 49 heavy (non-hydrogen) atoms. The van der Waals surface area contributed by atoms with Gasteiger partial charge in [0.15, 0.2) is 0 Å². The Bertz CT molecular complexity index is 1670. The van der Waals surface area contributed by atoms with Crippen molar-refractivity contribution in [2.45, 2.75) is 84.1 Å². The summed E-state index contributed by atoms with van der Waals surface area (Å²) in [5.41, 5.74) is 1.77. The number of nitroso groups, excluding NO2 is 1. The van der Waals surface area contributed by atoms with E-state index in [-0.39, 0.29) is 42.9 Å². The van der Waals surface area contributed by atoms with Gasteiger partial charge in [-0.2, -0.15) is 9.21 Å². The van der Waals surface area contributed by atoms with E-state index in [0.29, 0.717) is 25.2 Å². The first kappa shape index (κ1) is 38.1. The van der Waals surface area contributed by atoms with Crippen LogP contribution < -0.4 is 5.32 Å². The van der Waals surface area contributed by atoms with Gasteiger partial charge in [0, 0.05) is 31.6 Å². The van der Waals surface area contributed by atoms with Crippen molar-refractivity contribution in [2.24, 2.45) is 16.5 Å². The molecule has 1 aliphatic heterocycles. The number of urea groups is 1. The molecule has 12 nitrogen and oxygen atoms in total. The third-order valence-electron chi connectivity index (χ3n) is 8.32. The molecule has 3 atom stereocenters. The molecule has 0 bridgehead atoms. The van der Waals surface area contributed by atoms with Crippen molar-refractivity contribution >= 4 is 33.3 Å². The SMILES string of the molecule is Cc1nc(CN2CCN([C@H](C(=O)N[C@@H](Cc3ccccc3)[C@@H](O)CN(CC(C)(C)C)S(=O)(=O)c3ccc(CN=O)cc3)C(C)C)C2=O)cs1. The van der Waals surface area contributed by atoms with Gasteiger partial charge in [-0.1, -0.05) is 82.3 Å². The molecule has 266 valence electrons. The van der Waals surface area contributed by atoms with E-state index in [4.69, 9.17) is 0 Å². The summed E-state index contributed by atoms with van der Waals surface area (Å²) in [5.74, 6) is -0.658. The van der Waals surface area contributed by atoms with Crippen molar-refractivity contribution in [2.75, 3.05) is 26.2 Å². The lowest BCUT2D eigenvalue weighted by Crippen LogP contribution is -2.57. The number of rotatable bonds is 16. The molecule has 3 aromatic rings. The average Bonchev–Trinajstić information content (AvgIpc) is 3.61. The summed E-state index contributed by atoms with van der Waals surface area (Å²) in [5, 5.41) is 20.5. The summed E-state index contributed by atoms with van der Waals surface area (Å²) in [6.45, 7) is 12.3. The minimum Gasteiger partial charge on any atom is -0.390 e. The maximum atomic E-state index is 14.1. The van der Waals surface area contributed by atoms with Crippen molar-refractivity contribution in [1.29, 1.82) is 0 Å². The highest BCUT2D eigenvalue weighted by Crippen LogP contribution is 2.25. The highest BCUT2D eigenvalue weighted by Gasteiger charge is 2.41. The number of thiazole rings is 1. The third kappa shape index (κ3) is 10.2. The number of hydrogen-bond donors (Lipinski definition) is 2. The molecule has 2 N–H and O–H groups in total. The zero-order chi connectivity index (χ0) is 35.9. The van der Waals surface area contributed by atoms with Crippen LogP contribution in [0, 0.1) is 23.2 Å². The quantitative estimate of drug-likeness (QED) is 0.202. The monoisotopic (exact) mass is 712 g/mol. The van der Waals surface area contributed by atoms with Crippen LogP contribution in [0.2, 0.25) is 0 Å². The van der Waals surface area contributed by atoms with Crippen molar-refractivity contribution in [3.8, 4) is 0 Å². The van der Waals surface area contributed by atoms with E-state index in [2.05, 4.69) is 15.5 Å². The Morgan fingerprint density at radius 3 is 2.33 bits per heavy atom. The number of aromatic nitrogens is 1. The number of nitrogens with one attached hydrogen (secondary N) is 1. The summed E-state index contributed by atoms with van der Waals surface area (Å²) in [7, 11) is -4.09. The smallest absolute Gasteiger partial charge is 0.321 e. The van der Waals surface area contributed by atoms with Crippen molar-refractivity contribution in [3.63, 3.8) is 0 Å². The van der Waals surface area contributed by atoms with Crippen molar-refractivity contribution in [1.82, 2.24) is 24.4 Å². The Morgan fingerprint density at radius 2 is 1.76 bits per heavy atom. The second kappa shape index (κ2) is 16.3. The zero-order valence-electron chi connectivity index (χ0n) is 29.1. The number of aliphatic hydroxyl groups is 1. The molecule has 1 aliphatic rings. The minimum atomic E-state index is -4.09. The van der Waals surface area contributed by atoms with E-state index in [1.54, 1.807) is 21.9 Å². The number of aryl methyl sites for hydroxylation is 1. The lowest BCUT2D eigenvalue weighted by Gasteiger charge is -2.35. The molecular weight excluding hydrogens is 665 g/mol. The van der Waals surface area contributed by atoms with Gasteiger partial charge in [-0.3, -0.25) is 4.79 Å². The predicted octanol–water partition coefficient (Wildman–Crippen LogP) is 4.81. The molecule has 2 heterocycles. The fourth-order valence-corrected chi connectivity index (χ4v) is 8.30. The van der Waals surface area contributed by atoms with Gasteiger partial charge in [0.05, 0.1) is 34.3 Å². The minimum absolute atomic E-state index is 0.0204. The van der Waals surface area contributed by atoms with E-state index in [1.165, 1.54) is 27.8 Å². The number of sulfonamides is 1. The molecule has 0 spiro atoms. The highest BCUT2D eigenvalue weighted by atomic mass is 32.2. The molecular formula is C35H48N6O6S2. The Hall–Kier alpha value is -3.72. The molecule has 2 aromatic carbocycles. The second-order valence-corrected chi connectivity index (χ2v) is 17.1. The lowest BCUT2D eigenvalue weighted by atomic mass is 9.96. The molecule has 4 rings (SSSR count). The molecule has 1 fully saturated rings. The fourth-order valence-electron chi connectivity index (χ4n) is 6.01. The van der Waals surface area contributed by atoms with Crippen LogP contribution in [0.15, 0.2) is 70.0 Å². The van der Waals surface area contributed by atoms with Crippen LogP contribution in [0.1, 0.15) is 56.4 Å². The first-order chi connectivity index (χ1) is 23.1. The molecule has 0 saturated carbocycles. The summed E-state index contributed by atoms with van der Waals surface area (Å²) >= 11 is 1.52. The molecule has 14 heteroatoms. The number of amides is 3. The molecule has 3 amide bonds. The topological polar surface area (TPSA) is 153 Å². The van der Waals surface area contributed by atoms with Gasteiger partial charge >= 0.3 is 6.03 Å². The average molecular weight is 713 g/mol. The van der Waals surface area contributed by atoms with Crippen molar-refractivity contribution < 1.29 is 23.1 Å². The van der Waals surface area contributed by atoms with E-state index in [1.807, 2.05) is 77.3 Å². The van der Waals surface area contributed by atoms with Gasteiger partial charge in [-0.15, -0.1) is 11.3 Å². The number of hydrogen-bond acceptors (Lipinski definition) is 9. The third-order valence-corrected chi connectivity index (χ3v) is 11.0. The maximum Gasteiger partial charge on any atom is 0.321 e. The number of carbonyl (C=O) groups excluding carboxylic acids is 2. The summed E-state index contributed by atoms with van der Waals surface area (Å²) in [6.07, 6.45) is -1.06. The van der Waals surface area contributed by atoms with Gasteiger partial charge in [-0.25, -0.2) is 18.2 Å². The predicted molar refractivity (Wildman–Crippen MR) is 190 cm³/mol. The van der Waals surface area contributed by atoms with E-state index in [0.717, 1.165) is 16.3 Å². The van der Waals surface area contributed by atoms with E-state index < -0.39 is 39.5 Å². The van der Waals surface area contributed by atoms with E-state index >= 15 is 0 Å². The summed E-state index contributed by atoms with van der Waals surface area (Å²) < 4.78 is 29.2. The Labute approximate surface area is 293 Å².